The van der Waals surface area contributed by atoms with Gasteiger partial charge in [-0.25, -0.2) is 4.79 Å². The first-order valence-corrected chi connectivity index (χ1v) is 12.7. The lowest BCUT2D eigenvalue weighted by Gasteiger charge is -2.36. The third-order valence-corrected chi connectivity index (χ3v) is 6.82. The first-order valence-electron chi connectivity index (χ1n) is 12.7. The summed E-state index contributed by atoms with van der Waals surface area (Å²) in [5.74, 6) is 0.226. The number of methoxy groups -OCH3 is 2. The molecule has 1 heterocycles. The number of esters is 1. The van der Waals surface area contributed by atoms with E-state index in [1.165, 1.54) is 0 Å². The Morgan fingerprint density at radius 2 is 1.76 bits per heavy atom. The maximum absolute atomic E-state index is 13.7. The highest BCUT2D eigenvalue weighted by molar-refractivity contribution is 6.04. The van der Waals surface area contributed by atoms with Crippen molar-refractivity contribution in [3.63, 3.8) is 0 Å². The highest BCUT2D eigenvalue weighted by atomic mass is 16.6. The first-order chi connectivity index (χ1) is 18.0. The van der Waals surface area contributed by atoms with Gasteiger partial charge in [-0.2, -0.15) is 0 Å². The molecule has 37 heavy (non-hydrogen) atoms. The number of ether oxygens (including phenoxy) is 4. The quantitative estimate of drug-likeness (QED) is 0.358. The minimum atomic E-state index is -0.579. The second-order valence-corrected chi connectivity index (χ2v) is 9.32. The van der Waals surface area contributed by atoms with Crippen molar-refractivity contribution in [2.45, 2.75) is 44.9 Å². The average molecular weight is 506 g/mol. The van der Waals surface area contributed by atoms with Crippen molar-refractivity contribution >= 4 is 11.8 Å². The number of rotatable bonds is 10. The smallest absolute Gasteiger partial charge is 0.336 e. The van der Waals surface area contributed by atoms with Crippen molar-refractivity contribution in [3.05, 3.63) is 82.2 Å². The van der Waals surface area contributed by atoms with E-state index in [4.69, 9.17) is 18.9 Å². The highest BCUT2D eigenvalue weighted by Gasteiger charge is 2.41. The first kappa shape index (κ1) is 26.5. The van der Waals surface area contributed by atoms with Crippen LogP contribution in [0.15, 0.2) is 71.1 Å². The predicted octanol–water partition coefficient (Wildman–Crippen LogP) is 5.04. The summed E-state index contributed by atoms with van der Waals surface area (Å²) in [4.78, 5) is 27.1. The SMILES string of the molecule is CCCOc1ccc([C@H]2C(C(=O)OCCOC)=C(C)NC3=C2C(=O)C[C@H](c2ccccc2)C3)cc1OC. The fourth-order valence-corrected chi connectivity index (χ4v) is 5.09. The average Bonchev–Trinajstić information content (AvgIpc) is 2.91. The Hall–Kier alpha value is -3.58. The number of ketones is 1. The zero-order valence-corrected chi connectivity index (χ0v) is 22.0. The summed E-state index contributed by atoms with van der Waals surface area (Å²) < 4.78 is 22.0. The van der Waals surface area contributed by atoms with Gasteiger partial charge in [-0.15, -0.1) is 0 Å². The lowest BCUT2D eigenvalue weighted by atomic mass is 9.71. The van der Waals surface area contributed by atoms with Crippen molar-refractivity contribution < 1.29 is 28.5 Å². The van der Waals surface area contributed by atoms with Crippen LogP contribution >= 0.6 is 0 Å². The van der Waals surface area contributed by atoms with E-state index in [-0.39, 0.29) is 18.3 Å². The van der Waals surface area contributed by atoms with Crippen LogP contribution in [-0.4, -0.2) is 45.8 Å². The molecule has 0 radical (unpaired) electrons. The van der Waals surface area contributed by atoms with Gasteiger partial charge in [0.25, 0.3) is 0 Å². The zero-order valence-electron chi connectivity index (χ0n) is 22.0. The van der Waals surface area contributed by atoms with Gasteiger partial charge in [-0.1, -0.05) is 43.3 Å². The van der Waals surface area contributed by atoms with Gasteiger partial charge in [-0.3, -0.25) is 4.79 Å². The van der Waals surface area contributed by atoms with Crippen LogP contribution in [0.4, 0.5) is 0 Å². The van der Waals surface area contributed by atoms with Crippen LogP contribution in [0.2, 0.25) is 0 Å². The maximum Gasteiger partial charge on any atom is 0.336 e. The van der Waals surface area contributed by atoms with E-state index in [1.54, 1.807) is 14.2 Å². The van der Waals surface area contributed by atoms with E-state index in [9.17, 15) is 9.59 Å². The number of hydrogen-bond acceptors (Lipinski definition) is 7. The lowest BCUT2D eigenvalue weighted by Crippen LogP contribution is -2.36. The van der Waals surface area contributed by atoms with E-state index in [2.05, 4.69) is 17.4 Å². The number of nitrogens with one attached hydrogen (secondary N) is 1. The van der Waals surface area contributed by atoms with Crippen molar-refractivity contribution in [1.82, 2.24) is 5.32 Å². The Kier molecular flexibility index (Phi) is 8.66. The molecule has 2 atom stereocenters. The monoisotopic (exact) mass is 505 g/mol. The number of carbonyl (C=O) groups is 2. The fraction of sp³-hybridized carbons (Fsp3) is 0.400. The van der Waals surface area contributed by atoms with Crippen LogP contribution < -0.4 is 14.8 Å². The molecular formula is C30H35NO6. The van der Waals surface area contributed by atoms with Crippen LogP contribution in [0.5, 0.6) is 11.5 Å². The normalized spacial score (nSPS) is 19.3. The number of benzene rings is 2. The van der Waals surface area contributed by atoms with E-state index < -0.39 is 11.9 Å². The van der Waals surface area contributed by atoms with Crippen LogP contribution in [0.1, 0.15) is 56.1 Å². The van der Waals surface area contributed by atoms with Gasteiger partial charge >= 0.3 is 5.97 Å². The van der Waals surface area contributed by atoms with E-state index in [1.807, 2.05) is 50.2 Å². The summed E-state index contributed by atoms with van der Waals surface area (Å²) in [7, 11) is 3.14. The molecule has 4 rings (SSSR count). The molecule has 0 bridgehead atoms. The molecule has 0 unspecified atom stereocenters. The summed E-state index contributed by atoms with van der Waals surface area (Å²) >= 11 is 0. The number of Topliss-reactive ketones (excluding diaryl/α,β-unsaturated/α-hetero) is 1. The summed E-state index contributed by atoms with van der Waals surface area (Å²) in [5.41, 5.74) is 4.47. The summed E-state index contributed by atoms with van der Waals surface area (Å²) in [6.07, 6.45) is 1.92. The minimum Gasteiger partial charge on any atom is -0.493 e. The van der Waals surface area contributed by atoms with E-state index in [0.29, 0.717) is 54.4 Å². The van der Waals surface area contributed by atoms with Gasteiger partial charge in [0.2, 0.25) is 0 Å². The standard InChI is InChI=1S/C30H35NO6/c1-5-13-36-25-12-11-21(18-26(25)35-4)28-27(30(33)37-15-14-34-3)19(2)31-23-16-22(17-24(32)29(23)28)20-9-7-6-8-10-20/h6-12,18,22,28,31H,5,13-17H2,1-4H3/t22-,28+/m1/s1. The van der Waals surface area contributed by atoms with Gasteiger partial charge in [0.05, 0.1) is 25.9 Å². The molecule has 0 amide bonds. The highest BCUT2D eigenvalue weighted by Crippen LogP contribution is 2.47. The molecule has 2 aliphatic rings. The molecular weight excluding hydrogens is 470 g/mol. The Labute approximate surface area is 218 Å². The molecule has 1 N–H and O–H groups in total. The van der Waals surface area contributed by atoms with Crippen molar-refractivity contribution in [3.8, 4) is 11.5 Å². The molecule has 0 saturated heterocycles. The summed E-state index contributed by atoms with van der Waals surface area (Å²) in [6.45, 7) is 4.88. The molecule has 0 spiro atoms. The number of carbonyl (C=O) groups excluding carboxylic acids is 2. The number of dihydropyridines is 1. The maximum atomic E-state index is 13.7. The second kappa shape index (κ2) is 12.1. The van der Waals surface area contributed by atoms with Crippen LogP contribution in [0.25, 0.3) is 0 Å². The van der Waals surface area contributed by atoms with Crippen LogP contribution in [0.3, 0.4) is 0 Å². The Morgan fingerprint density at radius 3 is 2.46 bits per heavy atom. The second-order valence-electron chi connectivity index (χ2n) is 9.32. The molecule has 196 valence electrons. The molecule has 2 aromatic carbocycles. The zero-order chi connectivity index (χ0) is 26.4. The number of allylic oxidation sites excluding steroid dienone is 3. The third-order valence-electron chi connectivity index (χ3n) is 6.82. The van der Waals surface area contributed by atoms with E-state index >= 15 is 0 Å². The third kappa shape index (κ3) is 5.72. The molecule has 0 aromatic heterocycles. The van der Waals surface area contributed by atoms with Crippen LogP contribution in [0, 0.1) is 0 Å². The molecule has 7 nitrogen and oxygen atoms in total. The summed E-state index contributed by atoms with van der Waals surface area (Å²) in [5, 5.41) is 3.39. The summed E-state index contributed by atoms with van der Waals surface area (Å²) in [6, 6.07) is 15.7. The Balaban J connectivity index is 1.77. The fourth-order valence-electron chi connectivity index (χ4n) is 5.09. The molecule has 0 fully saturated rings. The van der Waals surface area contributed by atoms with Gasteiger partial charge in [0.1, 0.15) is 6.61 Å². The van der Waals surface area contributed by atoms with Crippen molar-refractivity contribution in [1.29, 1.82) is 0 Å². The topological polar surface area (TPSA) is 83.1 Å². The Morgan fingerprint density at radius 1 is 0.973 bits per heavy atom. The molecule has 1 aliphatic heterocycles. The minimum absolute atomic E-state index is 0.0209. The van der Waals surface area contributed by atoms with Crippen molar-refractivity contribution in [2.24, 2.45) is 0 Å². The van der Waals surface area contributed by atoms with Gasteiger partial charge in [-0.05, 0) is 48.9 Å². The van der Waals surface area contributed by atoms with Gasteiger partial charge < -0.3 is 24.3 Å². The molecule has 2 aromatic rings. The van der Waals surface area contributed by atoms with E-state index in [0.717, 1.165) is 23.2 Å². The molecule has 1 aliphatic carbocycles. The van der Waals surface area contributed by atoms with Crippen LogP contribution in [-0.2, 0) is 19.1 Å². The van der Waals surface area contributed by atoms with Gasteiger partial charge in [0, 0.05) is 36.4 Å². The molecule has 0 saturated carbocycles. The number of hydrogen-bond donors (Lipinski definition) is 1. The lowest BCUT2D eigenvalue weighted by molar-refractivity contribution is -0.140. The predicted molar refractivity (Wildman–Crippen MR) is 141 cm³/mol. The van der Waals surface area contributed by atoms with Gasteiger partial charge in [0.15, 0.2) is 17.3 Å². The Bertz CT molecular complexity index is 1200. The van der Waals surface area contributed by atoms with Crippen molar-refractivity contribution in [2.75, 3.05) is 34.0 Å². The largest absolute Gasteiger partial charge is 0.493 e. The molecule has 7 heteroatoms.